The first-order valence-corrected chi connectivity index (χ1v) is 7.96. The Labute approximate surface area is 132 Å². The SMILES string of the molecule is CC.CC1Cc2cccnc2C1.Cc1cc2ncccc2o1. The van der Waals surface area contributed by atoms with E-state index in [-0.39, 0.29) is 0 Å². The molecule has 3 heteroatoms. The fourth-order valence-electron chi connectivity index (χ4n) is 2.61. The van der Waals surface area contributed by atoms with Crippen molar-refractivity contribution in [2.75, 3.05) is 0 Å². The lowest BCUT2D eigenvalue weighted by Gasteiger charge is -1.92. The molecule has 116 valence electrons. The van der Waals surface area contributed by atoms with Gasteiger partial charge in [0.25, 0.3) is 0 Å². The van der Waals surface area contributed by atoms with E-state index in [1.165, 1.54) is 24.1 Å². The fourth-order valence-corrected chi connectivity index (χ4v) is 2.61. The molecule has 0 aliphatic heterocycles. The Kier molecular flexibility index (Phi) is 5.70. The second-order valence-corrected chi connectivity index (χ2v) is 5.37. The van der Waals surface area contributed by atoms with Gasteiger partial charge in [-0.15, -0.1) is 0 Å². The van der Waals surface area contributed by atoms with Crippen molar-refractivity contribution < 1.29 is 4.42 Å². The summed E-state index contributed by atoms with van der Waals surface area (Å²) in [5.41, 5.74) is 4.56. The Morgan fingerprint density at radius 2 is 1.77 bits per heavy atom. The summed E-state index contributed by atoms with van der Waals surface area (Å²) in [5, 5.41) is 0. The van der Waals surface area contributed by atoms with Crippen molar-refractivity contribution in [2.45, 2.75) is 40.5 Å². The average Bonchev–Trinajstić information content (AvgIpc) is 3.10. The maximum atomic E-state index is 5.31. The second-order valence-electron chi connectivity index (χ2n) is 5.37. The third kappa shape index (κ3) is 3.94. The van der Waals surface area contributed by atoms with Gasteiger partial charge in [-0.25, -0.2) is 0 Å². The third-order valence-electron chi connectivity index (χ3n) is 3.51. The molecule has 0 amide bonds. The van der Waals surface area contributed by atoms with Crippen molar-refractivity contribution in [2.24, 2.45) is 5.92 Å². The van der Waals surface area contributed by atoms with Gasteiger partial charge in [0.15, 0.2) is 5.58 Å². The highest BCUT2D eigenvalue weighted by Gasteiger charge is 2.17. The van der Waals surface area contributed by atoms with Crippen LogP contribution in [0.25, 0.3) is 11.1 Å². The van der Waals surface area contributed by atoms with E-state index in [2.05, 4.69) is 23.0 Å². The van der Waals surface area contributed by atoms with Crippen molar-refractivity contribution in [1.82, 2.24) is 9.97 Å². The zero-order valence-electron chi connectivity index (χ0n) is 13.8. The molecule has 0 spiro atoms. The first kappa shape index (κ1) is 16.2. The van der Waals surface area contributed by atoms with Crippen LogP contribution in [0.2, 0.25) is 0 Å². The van der Waals surface area contributed by atoms with E-state index in [9.17, 15) is 0 Å². The molecule has 3 nitrogen and oxygen atoms in total. The minimum absolute atomic E-state index is 0.810. The van der Waals surface area contributed by atoms with E-state index >= 15 is 0 Å². The number of fused-ring (bicyclic) bond motifs is 2. The van der Waals surface area contributed by atoms with Gasteiger partial charge in [-0.2, -0.15) is 0 Å². The van der Waals surface area contributed by atoms with Crippen LogP contribution in [0.5, 0.6) is 0 Å². The molecule has 3 heterocycles. The summed E-state index contributed by atoms with van der Waals surface area (Å²) < 4.78 is 5.31. The molecular weight excluding hydrogens is 272 g/mol. The normalized spacial score (nSPS) is 15.4. The summed E-state index contributed by atoms with van der Waals surface area (Å²) in [4.78, 5) is 8.42. The highest BCUT2D eigenvalue weighted by molar-refractivity contribution is 5.72. The van der Waals surface area contributed by atoms with E-state index in [0.717, 1.165) is 22.8 Å². The van der Waals surface area contributed by atoms with Gasteiger partial charge in [-0.05, 0) is 49.4 Å². The molecule has 0 bridgehead atoms. The minimum atomic E-state index is 0.810. The monoisotopic (exact) mass is 296 g/mol. The molecule has 3 aromatic heterocycles. The topological polar surface area (TPSA) is 38.9 Å². The molecule has 1 aliphatic carbocycles. The van der Waals surface area contributed by atoms with Crippen LogP contribution >= 0.6 is 0 Å². The number of nitrogens with zero attached hydrogens (tertiary/aromatic N) is 2. The van der Waals surface area contributed by atoms with Crippen LogP contribution in [0.15, 0.2) is 47.1 Å². The number of aromatic nitrogens is 2. The van der Waals surface area contributed by atoms with Gasteiger partial charge in [0.2, 0.25) is 0 Å². The van der Waals surface area contributed by atoms with Crippen LogP contribution in [0, 0.1) is 12.8 Å². The molecule has 1 unspecified atom stereocenters. The zero-order valence-corrected chi connectivity index (χ0v) is 13.8. The van der Waals surface area contributed by atoms with Crippen molar-refractivity contribution in [3.63, 3.8) is 0 Å². The number of hydrogen-bond donors (Lipinski definition) is 0. The Balaban J connectivity index is 0.000000144. The van der Waals surface area contributed by atoms with Gasteiger partial charge in [0.05, 0.1) is 0 Å². The van der Waals surface area contributed by atoms with Gasteiger partial charge >= 0.3 is 0 Å². The van der Waals surface area contributed by atoms with Crippen LogP contribution in [0.4, 0.5) is 0 Å². The lowest BCUT2D eigenvalue weighted by Crippen LogP contribution is -1.90. The number of aryl methyl sites for hydroxylation is 1. The zero-order chi connectivity index (χ0) is 15.9. The second kappa shape index (κ2) is 7.74. The molecule has 0 N–H and O–H groups in total. The van der Waals surface area contributed by atoms with Gasteiger partial charge < -0.3 is 4.42 Å². The number of hydrogen-bond acceptors (Lipinski definition) is 3. The van der Waals surface area contributed by atoms with Crippen molar-refractivity contribution in [3.05, 3.63) is 59.7 Å². The predicted octanol–water partition coefficient (Wildman–Crippen LogP) is 4.98. The van der Waals surface area contributed by atoms with E-state index in [1.54, 1.807) is 6.20 Å². The van der Waals surface area contributed by atoms with Crippen LogP contribution in [0.1, 0.15) is 37.8 Å². The molecule has 0 radical (unpaired) electrons. The van der Waals surface area contributed by atoms with Crippen LogP contribution < -0.4 is 0 Å². The molecule has 0 aromatic carbocycles. The number of pyridine rings is 2. The molecule has 0 saturated carbocycles. The van der Waals surface area contributed by atoms with Crippen LogP contribution in [0.3, 0.4) is 0 Å². The molecular formula is C19H24N2O. The van der Waals surface area contributed by atoms with E-state index in [4.69, 9.17) is 4.42 Å². The Hall–Kier alpha value is -2.16. The maximum Gasteiger partial charge on any atom is 0.152 e. The Morgan fingerprint density at radius 3 is 2.50 bits per heavy atom. The van der Waals surface area contributed by atoms with Crippen molar-refractivity contribution in [3.8, 4) is 0 Å². The third-order valence-corrected chi connectivity index (χ3v) is 3.51. The highest BCUT2D eigenvalue weighted by atomic mass is 16.3. The highest BCUT2D eigenvalue weighted by Crippen LogP contribution is 2.23. The first-order chi connectivity index (χ1) is 10.7. The maximum absolute atomic E-state index is 5.31. The van der Waals surface area contributed by atoms with Gasteiger partial charge in [0.1, 0.15) is 11.3 Å². The Bertz CT molecular complexity index is 660. The van der Waals surface area contributed by atoms with Gasteiger partial charge in [-0.3, -0.25) is 9.97 Å². The summed E-state index contributed by atoms with van der Waals surface area (Å²) in [6.45, 7) is 8.20. The molecule has 0 fully saturated rings. The van der Waals surface area contributed by atoms with Gasteiger partial charge in [0, 0.05) is 24.2 Å². The average molecular weight is 296 g/mol. The van der Waals surface area contributed by atoms with Crippen molar-refractivity contribution in [1.29, 1.82) is 0 Å². The van der Waals surface area contributed by atoms with Crippen molar-refractivity contribution >= 4 is 11.1 Å². The quantitative estimate of drug-likeness (QED) is 0.587. The summed E-state index contributed by atoms with van der Waals surface area (Å²) >= 11 is 0. The van der Waals surface area contributed by atoms with Gasteiger partial charge in [-0.1, -0.05) is 26.8 Å². The Morgan fingerprint density at radius 1 is 1.05 bits per heavy atom. The molecule has 1 atom stereocenters. The molecule has 4 rings (SSSR count). The van der Waals surface area contributed by atoms with E-state index in [0.29, 0.717) is 0 Å². The van der Waals surface area contributed by atoms with E-state index < -0.39 is 0 Å². The number of rotatable bonds is 0. The lowest BCUT2D eigenvalue weighted by molar-refractivity contribution is 0.578. The summed E-state index contributed by atoms with van der Waals surface area (Å²) in [6.07, 6.45) is 6.05. The predicted molar refractivity (Wildman–Crippen MR) is 90.9 cm³/mol. The summed E-state index contributed by atoms with van der Waals surface area (Å²) in [7, 11) is 0. The number of furan rings is 1. The molecule has 22 heavy (non-hydrogen) atoms. The van der Waals surface area contributed by atoms with E-state index in [1.807, 2.05) is 51.2 Å². The summed E-state index contributed by atoms with van der Waals surface area (Å²) in [5.74, 6) is 1.72. The first-order valence-electron chi connectivity index (χ1n) is 7.96. The minimum Gasteiger partial charge on any atom is -0.460 e. The van der Waals surface area contributed by atoms with Crippen LogP contribution in [-0.4, -0.2) is 9.97 Å². The molecule has 0 saturated heterocycles. The van der Waals surface area contributed by atoms with Crippen LogP contribution in [-0.2, 0) is 12.8 Å². The molecule has 1 aliphatic rings. The lowest BCUT2D eigenvalue weighted by atomic mass is 10.1. The summed E-state index contributed by atoms with van der Waals surface area (Å²) in [6, 6.07) is 9.92. The standard InChI is InChI=1S/C9H11N.C8H7NO.C2H6/c1-7-5-8-3-2-4-10-9(8)6-7;1-6-5-7-8(10-6)3-2-4-9-7;1-2/h2-4,7H,5-6H2,1H3;2-5H,1H3;1-2H3. The fraction of sp³-hybridized carbons (Fsp3) is 0.368. The smallest absolute Gasteiger partial charge is 0.152 e. The largest absolute Gasteiger partial charge is 0.460 e. The molecule has 3 aromatic rings.